The van der Waals surface area contributed by atoms with Gasteiger partial charge in [0.15, 0.2) is 0 Å². The van der Waals surface area contributed by atoms with Crippen LogP contribution in [0.3, 0.4) is 0 Å². The van der Waals surface area contributed by atoms with E-state index in [-0.39, 0.29) is 5.56 Å². The summed E-state index contributed by atoms with van der Waals surface area (Å²) < 4.78 is 0. The summed E-state index contributed by atoms with van der Waals surface area (Å²) >= 11 is 12.1. The van der Waals surface area contributed by atoms with Gasteiger partial charge in [0.05, 0.1) is 10.0 Å². The molecule has 0 saturated heterocycles. The Morgan fingerprint density at radius 3 is 2.74 bits per heavy atom. The van der Waals surface area contributed by atoms with Crippen LogP contribution in [0.25, 0.3) is 11.4 Å². The first-order valence-corrected chi connectivity index (χ1v) is 6.77. The van der Waals surface area contributed by atoms with Crippen LogP contribution in [0.4, 0.5) is 0 Å². The third-order valence-corrected chi connectivity index (χ3v) is 3.44. The Bertz CT molecular complexity index is 650. The molecule has 0 unspecified atom stereocenters. The van der Waals surface area contributed by atoms with Gasteiger partial charge in [0.25, 0.3) is 5.56 Å². The van der Waals surface area contributed by atoms with E-state index < -0.39 is 0 Å². The highest BCUT2D eigenvalue weighted by Crippen LogP contribution is 2.31. The first-order chi connectivity index (χ1) is 8.97. The molecule has 1 aromatic heterocycles. The van der Waals surface area contributed by atoms with Crippen LogP contribution in [0.2, 0.25) is 10.0 Å². The highest BCUT2D eigenvalue weighted by molar-refractivity contribution is 6.43. The van der Waals surface area contributed by atoms with Crippen molar-refractivity contribution in [2.24, 2.45) is 5.92 Å². The minimum absolute atomic E-state index is 0.184. The molecule has 1 heterocycles. The van der Waals surface area contributed by atoms with Crippen molar-refractivity contribution in [1.29, 1.82) is 0 Å². The first-order valence-electron chi connectivity index (χ1n) is 6.02. The normalized spacial score (nSPS) is 11.0. The Morgan fingerprint density at radius 1 is 1.32 bits per heavy atom. The number of halogens is 2. The van der Waals surface area contributed by atoms with Gasteiger partial charge in [0, 0.05) is 17.3 Å². The molecule has 5 heteroatoms. The molecule has 2 rings (SSSR count). The van der Waals surface area contributed by atoms with Gasteiger partial charge in [0.2, 0.25) is 0 Å². The molecule has 0 saturated carbocycles. The van der Waals surface area contributed by atoms with E-state index >= 15 is 0 Å². The van der Waals surface area contributed by atoms with Crippen LogP contribution in [-0.2, 0) is 6.42 Å². The third kappa shape index (κ3) is 3.37. The molecule has 0 radical (unpaired) electrons. The quantitative estimate of drug-likeness (QED) is 0.932. The molecule has 2 aromatic rings. The van der Waals surface area contributed by atoms with Crippen LogP contribution in [0.5, 0.6) is 0 Å². The van der Waals surface area contributed by atoms with E-state index in [1.54, 1.807) is 18.2 Å². The smallest absolute Gasteiger partial charge is 0.251 e. The highest BCUT2D eigenvalue weighted by Gasteiger charge is 2.11. The molecule has 19 heavy (non-hydrogen) atoms. The summed E-state index contributed by atoms with van der Waals surface area (Å²) in [7, 11) is 0. The van der Waals surface area contributed by atoms with Gasteiger partial charge in [0.1, 0.15) is 5.82 Å². The van der Waals surface area contributed by atoms with Gasteiger partial charge in [-0.25, -0.2) is 4.98 Å². The summed E-state index contributed by atoms with van der Waals surface area (Å²) in [6.45, 7) is 4.16. The molecular formula is C14H14Cl2N2O. The summed E-state index contributed by atoms with van der Waals surface area (Å²) in [5, 5.41) is 0.838. The van der Waals surface area contributed by atoms with E-state index in [0.29, 0.717) is 27.4 Å². The monoisotopic (exact) mass is 296 g/mol. The summed E-state index contributed by atoms with van der Waals surface area (Å²) in [5.41, 5.74) is 1.21. The standard InChI is InChI=1S/C14H14Cl2N2O/c1-8(2)6-9-7-12(19)18-14(17-9)10-4-3-5-11(15)13(10)16/h3-5,7-8H,6H2,1-2H3,(H,17,18,19). The van der Waals surface area contributed by atoms with Crippen LogP contribution in [-0.4, -0.2) is 9.97 Å². The fourth-order valence-corrected chi connectivity index (χ4v) is 2.24. The van der Waals surface area contributed by atoms with Gasteiger partial charge in [-0.05, 0) is 24.5 Å². The van der Waals surface area contributed by atoms with E-state index in [0.717, 1.165) is 12.1 Å². The van der Waals surface area contributed by atoms with Gasteiger partial charge in [-0.3, -0.25) is 4.79 Å². The Labute approximate surface area is 121 Å². The lowest BCUT2D eigenvalue weighted by atomic mass is 10.1. The molecule has 1 N–H and O–H groups in total. The Balaban J connectivity index is 2.53. The van der Waals surface area contributed by atoms with Gasteiger partial charge in [-0.2, -0.15) is 0 Å². The molecule has 0 aliphatic carbocycles. The van der Waals surface area contributed by atoms with Gasteiger partial charge >= 0.3 is 0 Å². The van der Waals surface area contributed by atoms with Gasteiger partial charge in [-0.1, -0.05) is 43.1 Å². The first kappa shape index (κ1) is 14.1. The van der Waals surface area contributed by atoms with Crippen molar-refractivity contribution >= 4 is 23.2 Å². The summed E-state index contributed by atoms with van der Waals surface area (Å²) in [5.74, 6) is 0.882. The average Bonchev–Trinajstić information content (AvgIpc) is 2.31. The molecule has 0 bridgehead atoms. The molecule has 0 fully saturated rings. The lowest BCUT2D eigenvalue weighted by Gasteiger charge is -2.08. The number of benzene rings is 1. The van der Waals surface area contributed by atoms with Crippen LogP contribution < -0.4 is 5.56 Å². The minimum Gasteiger partial charge on any atom is -0.306 e. The lowest BCUT2D eigenvalue weighted by molar-refractivity contribution is 0.634. The Hall–Kier alpha value is -1.32. The van der Waals surface area contributed by atoms with Crippen molar-refractivity contribution < 1.29 is 0 Å². The van der Waals surface area contributed by atoms with Crippen molar-refractivity contribution in [3.05, 3.63) is 50.4 Å². The molecule has 1 aromatic carbocycles. The zero-order valence-electron chi connectivity index (χ0n) is 10.7. The molecule has 3 nitrogen and oxygen atoms in total. The van der Waals surface area contributed by atoms with Crippen LogP contribution in [0.1, 0.15) is 19.5 Å². The van der Waals surface area contributed by atoms with Crippen LogP contribution in [0, 0.1) is 5.92 Å². The summed E-state index contributed by atoms with van der Waals surface area (Å²) in [6, 6.07) is 6.77. The molecule has 0 aliphatic rings. The van der Waals surface area contributed by atoms with Crippen molar-refractivity contribution in [2.45, 2.75) is 20.3 Å². The lowest BCUT2D eigenvalue weighted by Crippen LogP contribution is -2.12. The van der Waals surface area contributed by atoms with Crippen molar-refractivity contribution in [1.82, 2.24) is 9.97 Å². The Kier molecular flexibility index (Phi) is 4.27. The largest absolute Gasteiger partial charge is 0.306 e. The van der Waals surface area contributed by atoms with E-state index in [1.165, 1.54) is 6.07 Å². The maximum atomic E-state index is 11.7. The molecule has 100 valence electrons. The van der Waals surface area contributed by atoms with E-state index in [1.807, 2.05) is 0 Å². The van der Waals surface area contributed by atoms with Crippen molar-refractivity contribution in [2.75, 3.05) is 0 Å². The maximum absolute atomic E-state index is 11.7. The zero-order chi connectivity index (χ0) is 14.0. The topological polar surface area (TPSA) is 45.8 Å². The summed E-state index contributed by atoms with van der Waals surface area (Å²) in [4.78, 5) is 18.8. The number of aromatic amines is 1. The average molecular weight is 297 g/mol. The molecule has 0 aliphatic heterocycles. The number of hydrogen-bond donors (Lipinski definition) is 1. The second-order valence-corrected chi connectivity index (χ2v) is 5.57. The predicted molar refractivity (Wildman–Crippen MR) is 78.9 cm³/mol. The number of nitrogens with one attached hydrogen (secondary N) is 1. The van der Waals surface area contributed by atoms with Crippen LogP contribution in [0.15, 0.2) is 29.1 Å². The molecule has 0 spiro atoms. The predicted octanol–water partition coefficient (Wildman–Crippen LogP) is 3.94. The fraction of sp³-hybridized carbons (Fsp3) is 0.286. The fourth-order valence-electron chi connectivity index (χ4n) is 1.85. The molecule has 0 atom stereocenters. The minimum atomic E-state index is -0.184. The van der Waals surface area contributed by atoms with E-state index in [9.17, 15) is 4.79 Å². The molecule has 0 amide bonds. The zero-order valence-corrected chi connectivity index (χ0v) is 12.2. The van der Waals surface area contributed by atoms with E-state index in [2.05, 4.69) is 23.8 Å². The number of rotatable bonds is 3. The summed E-state index contributed by atoms with van der Waals surface area (Å²) in [6.07, 6.45) is 0.745. The highest BCUT2D eigenvalue weighted by atomic mass is 35.5. The third-order valence-electron chi connectivity index (χ3n) is 2.62. The van der Waals surface area contributed by atoms with Gasteiger partial charge in [-0.15, -0.1) is 0 Å². The van der Waals surface area contributed by atoms with Crippen molar-refractivity contribution in [3.63, 3.8) is 0 Å². The van der Waals surface area contributed by atoms with Crippen molar-refractivity contribution in [3.8, 4) is 11.4 Å². The SMILES string of the molecule is CC(C)Cc1cc(=O)[nH]c(-c2cccc(Cl)c2Cl)n1. The maximum Gasteiger partial charge on any atom is 0.251 e. The number of hydrogen-bond acceptors (Lipinski definition) is 2. The van der Waals surface area contributed by atoms with Gasteiger partial charge < -0.3 is 4.98 Å². The number of H-pyrrole nitrogens is 1. The Morgan fingerprint density at radius 2 is 2.05 bits per heavy atom. The number of aromatic nitrogens is 2. The van der Waals surface area contributed by atoms with E-state index in [4.69, 9.17) is 23.2 Å². The molecular weight excluding hydrogens is 283 g/mol. The number of nitrogens with zero attached hydrogens (tertiary/aromatic N) is 1. The second-order valence-electron chi connectivity index (χ2n) is 4.78. The van der Waals surface area contributed by atoms with Crippen LogP contribution >= 0.6 is 23.2 Å². The second kappa shape index (κ2) is 5.76.